The van der Waals surface area contributed by atoms with Crippen molar-refractivity contribution in [1.82, 2.24) is 10.6 Å². The summed E-state index contributed by atoms with van der Waals surface area (Å²) in [6.07, 6.45) is 1.63. The third-order valence-corrected chi connectivity index (χ3v) is 3.61. The van der Waals surface area contributed by atoms with Gasteiger partial charge in [0.15, 0.2) is 0 Å². The molecule has 6 nitrogen and oxygen atoms in total. The SMILES string of the molecule is CCOc1ccc2ccc(OCC)c(/C=C3\NC(=O)NC3=O)c2c1. The van der Waals surface area contributed by atoms with Gasteiger partial charge in [0.1, 0.15) is 17.2 Å². The fourth-order valence-electron chi connectivity index (χ4n) is 2.62. The smallest absolute Gasteiger partial charge is 0.326 e. The van der Waals surface area contributed by atoms with E-state index in [-0.39, 0.29) is 5.70 Å². The van der Waals surface area contributed by atoms with E-state index in [4.69, 9.17) is 9.47 Å². The van der Waals surface area contributed by atoms with Crippen LogP contribution in [-0.4, -0.2) is 25.2 Å². The Bertz CT molecular complexity index is 837. The number of urea groups is 1. The molecule has 6 heteroatoms. The summed E-state index contributed by atoms with van der Waals surface area (Å²) in [5, 5.41) is 6.56. The van der Waals surface area contributed by atoms with Crippen LogP contribution < -0.4 is 20.1 Å². The van der Waals surface area contributed by atoms with Crippen molar-refractivity contribution in [2.45, 2.75) is 13.8 Å². The molecule has 1 aliphatic heterocycles. The number of hydrogen-bond donors (Lipinski definition) is 2. The van der Waals surface area contributed by atoms with Crippen molar-refractivity contribution >= 4 is 28.8 Å². The molecule has 0 aromatic heterocycles. The molecule has 3 rings (SSSR count). The second-order valence-corrected chi connectivity index (χ2v) is 5.19. The minimum absolute atomic E-state index is 0.190. The Labute approximate surface area is 139 Å². The van der Waals surface area contributed by atoms with Crippen molar-refractivity contribution in [2.75, 3.05) is 13.2 Å². The number of hydrogen-bond acceptors (Lipinski definition) is 4. The molecule has 2 aromatic rings. The van der Waals surface area contributed by atoms with Crippen LogP contribution in [0.4, 0.5) is 4.79 Å². The number of rotatable bonds is 5. The summed E-state index contributed by atoms with van der Waals surface area (Å²) in [4.78, 5) is 23.2. The molecule has 0 bridgehead atoms. The molecule has 3 amide bonds. The second-order valence-electron chi connectivity index (χ2n) is 5.19. The van der Waals surface area contributed by atoms with Gasteiger partial charge in [0.05, 0.1) is 13.2 Å². The number of carbonyl (C=O) groups is 2. The van der Waals surface area contributed by atoms with Crippen molar-refractivity contribution in [3.63, 3.8) is 0 Å². The number of nitrogens with one attached hydrogen (secondary N) is 2. The van der Waals surface area contributed by atoms with Gasteiger partial charge in [-0.05, 0) is 48.9 Å². The molecule has 0 unspecified atom stereocenters. The van der Waals surface area contributed by atoms with Crippen molar-refractivity contribution in [3.8, 4) is 11.5 Å². The highest BCUT2D eigenvalue weighted by Crippen LogP contribution is 2.33. The average Bonchev–Trinajstić information content (AvgIpc) is 2.88. The van der Waals surface area contributed by atoms with Crippen LogP contribution in [0.1, 0.15) is 19.4 Å². The Kier molecular flexibility index (Phi) is 4.37. The molecule has 0 radical (unpaired) electrons. The number of fused-ring (bicyclic) bond motifs is 1. The van der Waals surface area contributed by atoms with Crippen LogP contribution in [0, 0.1) is 0 Å². The molecular formula is C18H18N2O4. The number of benzene rings is 2. The summed E-state index contributed by atoms with van der Waals surface area (Å²) in [5.41, 5.74) is 0.915. The number of imide groups is 1. The van der Waals surface area contributed by atoms with E-state index in [1.165, 1.54) is 0 Å². The van der Waals surface area contributed by atoms with E-state index >= 15 is 0 Å². The summed E-state index contributed by atoms with van der Waals surface area (Å²) >= 11 is 0. The van der Waals surface area contributed by atoms with Crippen LogP contribution in [0.5, 0.6) is 11.5 Å². The van der Waals surface area contributed by atoms with Gasteiger partial charge < -0.3 is 14.8 Å². The predicted molar refractivity (Wildman–Crippen MR) is 90.9 cm³/mol. The van der Waals surface area contributed by atoms with Gasteiger partial charge in [-0.1, -0.05) is 12.1 Å². The van der Waals surface area contributed by atoms with Crippen LogP contribution in [0.25, 0.3) is 16.8 Å². The van der Waals surface area contributed by atoms with Crippen molar-refractivity contribution in [2.24, 2.45) is 0 Å². The maximum Gasteiger partial charge on any atom is 0.326 e. The normalized spacial score (nSPS) is 15.5. The fourth-order valence-corrected chi connectivity index (χ4v) is 2.62. The van der Waals surface area contributed by atoms with Gasteiger partial charge in [0.25, 0.3) is 5.91 Å². The zero-order valence-corrected chi connectivity index (χ0v) is 13.5. The molecular weight excluding hydrogens is 308 g/mol. The number of amides is 3. The quantitative estimate of drug-likeness (QED) is 0.654. The van der Waals surface area contributed by atoms with Crippen molar-refractivity contribution < 1.29 is 19.1 Å². The molecule has 0 spiro atoms. The van der Waals surface area contributed by atoms with Gasteiger partial charge in [-0.2, -0.15) is 0 Å². The largest absolute Gasteiger partial charge is 0.494 e. The van der Waals surface area contributed by atoms with E-state index in [0.29, 0.717) is 19.0 Å². The van der Waals surface area contributed by atoms with E-state index in [9.17, 15) is 9.59 Å². The van der Waals surface area contributed by atoms with E-state index in [1.54, 1.807) is 6.08 Å². The number of carbonyl (C=O) groups excluding carboxylic acids is 2. The van der Waals surface area contributed by atoms with Crippen LogP contribution in [0.2, 0.25) is 0 Å². The first-order valence-electron chi connectivity index (χ1n) is 7.78. The topological polar surface area (TPSA) is 76.7 Å². The third kappa shape index (κ3) is 3.03. The molecule has 2 aromatic carbocycles. The fraction of sp³-hybridized carbons (Fsp3) is 0.222. The zero-order chi connectivity index (χ0) is 17.1. The molecule has 0 saturated carbocycles. The highest BCUT2D eigenvalue weighted by atomic mass is 16.5. The highest BCUT2D eigenvalue weighted by Gasteiger charge is 2.23. The van der Waals surface area contributed by atoms with Crippen molar-refractivity contribution in [1.29, 1.82) is 0 Å². The lowest BCUT2D eigenvalue weighted by molar-refractivity contribution is -0.115. The monoisotopic (exact) mass is 326 g/mol. The van der Waals surface area contributed by atoms with Gasteiger partial charge in [0.2, 0.25) is 0 Å². The lowest BCUT2D eigenvalue weighted by Gasteiger charge is -2.12. The molecule has 1 fully saturated rings. The summed E-state index contributed by atoms with van der Waals surface area (Å²) in [6.45, 7) is 4.86. The minimum Gasteiger partial charge on any atom is -0.494 e. The van der Waals surface area contributed by atoms with Gasteiger partial charge >= 0.3 is 6.03 Å². The Morgan fingerprint density at radius 1 is 1.00 bits per heavy atom. The lowest BCUT2D eigenvalue weighted by Crippen LogP contribution is -2.22. The molecule has 0 atom stereocenters. The Morgan fingerprint density at radius 2 is 1.75 bits per heavy atom. The summed E-state index contributed by atoms with van der Waals surface area (Å²) in [5.74, 6) is 0.915. The van der Waals surface area contributed by atoms with Crippen LogP contribution >= 0.6 is 0 Å². The van der Waals surface area contributed by atoms with Gasteiger partial charge in [-0.3, -0.25) is 10.1 Å². The Hall–Kier alpha value is -3.02. The third-order valence-electron chi connectivity index (χ3n) is 3.61. The maximum atomic E-state index is 11.8. The molecule has 1 heterocycles. The van der Waals surface area contributed by atoms with Gasteiger partial charge in [0, 0.05) is 5.56 Å². The molecule has 124 valence electrons. The zero-order valence-electron chi connectivity index (χ0n) is 13.5. The molecule has 1 saturated heterocycles. The van der Waals surface area contributed by atoms with Crippen LogP contribution in [-0.2, 0) is 4.79 Å². The summed E-state index contributed by atoms with van der Waals surface area (Å²) < 4.78 is 11.3. The van der Waals surface area contributed by atoms with Crippen LogP contribution in [0.3, 0.4) is 0 Å². The second kappa shape index (κ2) is 6.62. The van der Waals surface area contributed by atoms with Crippen LogP contribution in [0.15, 0.2) is 36.0 Å². The van der Waals surface area contributed by atoms with E-state index in [2.05, 4.69) is 10.6 Å². The highest BCUT2D eigenvalue weighted by molar-refractivity contribution is 6.15. The maximum absolute atomic E-state index is 11.8. The lowest BCUT2D eigenvalue weighted by atomic mass is 10.0. The summed E-state index contributed by atoms with van der Waals surface area (Å²) in [6, 6.07) is 9.03. The van der Waals surface area contributed by atoms with E-state index in [0.717, 1.165) is 22.1 Å². The molecule has 24 heavy (non-hydrogen) atoms. The summed E-state index contributed by atoms with van der Waals surface area (Å²) in [7, 11) is 0. The first-order valence-corrected chi connectivity index (χ1v) is 7.78. The van der Waals surface area contributed by atoms with E-state index in [1.807, 2.05) is 44.2 Å². The Balaban J connectivity index is 2.19. The Morgan fingerprint density at radius 3 is 2.42 bits per heavy atom. The first-order chi connectivity index (χ1) is 11.6. The van der Waals surface area contributed by atoms with Gasteiger partial charge in [-0.25, -0.2) is 4.79 Å². The predicted octanol–water partition coefficient (Wildman–Crippen LogP) is 2.82. The average molecular weight is 326 g/mol. The minimum atomic E-state index is -0.528. The van der Waals surface area contributed by atoms with Crippen molar-refractivity contribution in [3.05, 3.63) is 41.6 Å². The van der Waals surface area contributed by atoms with E-state index < -0.39 is 11.9 Å². The standard InChI is InChI=1S/C18H18N2O4/c1-3-23-12-7-5-11-6-8-16(24-4-2)14(13(11)9-12)10-15-17(21)20-18(22)19-15/h5-10H,3-4H2,1-2H3,(H2,19,20,21,22)/b15-10-. The molecule has 2 N–H and O–H groups in total. The molecule has 1 aliphatic rings. The van der Waals surface area contributed by atoms with Gasteiger partial charge in [-0.15, -0.1) is 0 Å². The molecule has 0 aliphatic carbocycles. The number of ether oxygens (including phenoxy) is 2. The first kappa shape index (κ1) is 15.9.